The molecule has 0 spiro atoms. The van der Waals surface area contributed by atoms with E-state index in [9.17, 15) is 27.2 Å². The van der Waals surface area contributed by atoms with Gasteiger partial charge < -0.3 is 14.2 Å². The van der Waals surface area contributed by atoms with Gasteiger partial charge in [0.05, 0.1) is 17.4 Å². The van der Waals surface area contributed by atoms with E-state index in [0.29, 0.717) is 28.4 Å². The molecule has 3 aromatic rings. The van der Waals surface area contributed by atoms with Crippen LogP contribution in [0.3, 0.4) is 0 Å². The molecule has 0 radical (unpaired) electrons. The molecule has 0 saturated carbocycles. The topological polar surface area (TPSA) is 53.8 Å². The lowest BCUT2D eigenvalue weighted by Gasteiger charge is -2.34. The average Bonchev–Trinajstić information content (AvgIpc) is 3.38. The van der Waals surface area contributed by atoms with E-state index < -0.39 is 23.5 Å². The van der Waals surface area contributed by atoms with Crippen LogP contribution in [0.5, 0.6) is 0 Å². The Balaban J connectivity index is 1.42. The standard InChI is InChI=1S/C25H20F4N2O3S/c26-19-3-6-20(7-4-19)35-21-5-1-17(22(15-21)25(27,28)29)2-8-23(32)30-10-12-31(13-11-30)24(33)18-9-14-34-16-18/h1-9,14-16H,10-13H2. The fourth-order valence-electron chi connectivity index (χ4n) is 3.59. The molecular formula is C25H20F4N2O3S. The maximum absolute atomic E-state index is 13.7. The predicted octanol–water partition coefficient (Wildman–Crippen LogP) is 5.59. The van der Waals surface area contributed by atoms with Crippen LogP contribution >= 0.6 is 11.8 Å². The van der Waals surface area contributed by atoms with Crippen LogP contribution in [0, 0.1) is 5.82 Å². The van der Waals surface area contributed by atoms with Gasteiger partial charge in [0, 0.05) is 42.0 Å². The van der Waals surface area contributed by atoms with Crippen molar-refractivity contribution in [2.24, 2.45) is 0 Å². The zero-order chi connectivity index (χ0) is 25.0. The lowest BCUT2D eigenvalue weighted by Crippen LogP contribution is -2.50. The van der Waals surface area contributed by atoms with Gasteiger partial charge in [-0.15, -0.1) is 0 Å². The summed E-state index contributed by atoms with van der Waals surface area (Å²) in [5, 5.41) is 0. The van der Waals surface area contributed by atoms with E-state index in [1.807, 2.05) is 0 Å². The van der Waals surface area contributed by atoms with Crippen LogP contribution in [0.1, 0.15) is 21.5 Å². The van der Waals surface area contributed by atoms with Crippen molar-refractivity contribution in [3.05, 3.63) is 89.6 Å². The van der Waals surface area contributed by atoms with Crippen molar-refractivity contribution in [2.75, 3.05) is 26.2 Å². The second-order valence-corrected chi connectivity index (χ2v) is 8.91. The van der Waals surface area contributed by atoms with Crippen molar-refractivity contribution in [2.45, 2.75) is 16.0 Å². The number of benzene rings is 2. The molecule has 5 nitrogen and oxygen atoms in total. The van der Waals surface area contributed by atoms with Gasteiger partial charge in [-0.25, -0.2) is 4.39 Å². The highest BCUT2D eigenvalue weighted by Gasteiger charge is 2.33. The minimum atomic E-state index is -4.62. The third-order valence-electron chi connectivity index (χ3n) is 5.43. The third-order valence-corrected chi connectivity index (χ3v) is 6.43. The molecule has 2 heterocycles. The predicted molar refractivity (Wildman–Crippen MR) is 122 cm³/mol. The quantitative estimate of drug-likeness (QED) is 0.336. The Hall–Kier alpha value is -3.53. The first-order chi connectivity index (χ1) is 16.7. The fraction of sp³-hybridized carbons (Fsp3) is 0.200. The number of alkyl halides is 3. The molecule has 0 atom stereocenters. The molecule has 1 aromatic heterocycles. The Morgan fingerprint density at radius 1 is 0.914 bits per heavy atom. The number of amides is 2. The zero-order valence-electron chi connectivity index (χ0n) is 18.3. The van der Waals surface area contributed by atoms with Crippen LogP contribution in [0.25, 0.3) is 6.08 Å². The number of rotatable bonds is 5. The van der Waals surface area contributed by atoms with Gasteiger partial charge >= 0.3 is 6.18 Å². The Bertz CT molecular complexity index is 1220. The summed E-state index contributed by atoms with van der Waals surface area (Å²) in [6.45, 7) is 1.16. The number of furan rings is 1. The van der Waals surface area contributed by atoms with Gasteiger partial charge in [-0.05, 0) is 54.1 Å². The first kappa shape index (κ1) is 24.6. The normalized spacial score (nSPS) is 14.5. The first-order valence-corrected chi connectivity index (χ1v) is 11.5. The van der Waals surface area contributed by atoms with Gasteiger partial charge in [0.2, 0.25) is 5.91 Å². The zero-order valence-corrected chi connectivity index (χ0v) is 19.1. The number of carbonyl (C=O) groups excluding carboxylic acids is 2. The van der Waals surface area contributed by atoms with Crippen molar-refractivity contribution < 1.29 is 31.6 Å². The van der Waals surface area contributed by atoms with E-state index in [-0.39, 0.29) is 24.6 Å². The third kappa shape index (κ3) is 6.13. The smallest absolute Gasteiger partial charge is 0.417 e. The molecule has 2 amide bonds. The van der Waals surface area contributed by atoms with Gasteiger partial charge in [0.15, 0.2) is 0 Å². The van der Waals surface area contributed by atoms with Crippen LogP contribution in [0.4, 0.5) is 17.6 Å². The fourth-order valence-corrected chi connectivity index (χ4v) is 4.45. The molecule has 0 unspecified atom stereocenters. The van der Waals surface area contributed by atoms with Gasteiger partial charge in [-0.1, -0.05) is 17.8 Å². The summed E-state index contributed by atoms with van der Waals surface area (Å²) >= 11 is 1.08. The highest BCUT2D eigenvalue weighted by atomic mass is 32.2. The highest BCUT2D eigenvalue weighted by molar-refractivity contribution is 7.99. The first-order valence-electron chi connectivity index (χ1n) is 10.6. The molecule has 0 N–H and O–H groups in total. The molecule has 35 heavy (non-hydrogen) atoms. The molecular weight excluding hydrogens is 484 g/mol. The Morgan fingerprint density at radius 3 is 2.20 bits per heavy atom. The summed E-state index contributed by atoms with van der Waals surface area (Å²) in [6.07, 6.45) is 0.401. The molecule has 2 aromatic carbocycles. The largest absolute Gasteiger partial charge is 0.472 e. The second kappa shape index (κ2) is 10.4. The molecule has 1 aliphatic rings. The number of carbonyl (C=O) groups is 2. The van der Waals surface area contributed by atoms with E-state index in [2.05, 4.69) is 0 Å². The molecule has 0 bridgehead atoms. The molecule has 182 valence electrons. The van der Waals surface area contributed by atoms with E-state index >= 15 is 0 Å². The van der Waals surface area contributed by atoms with Crippen LogP contribution in [-0.2, 0) is 11.0 Å². The van der Waals surface area contributed by atoms with Crippen LogP contribution in [0.2, 0.25) is 0 Å². The number of hydrogen-bond acceptors (Lipinski definition) is 4. The number of halogens is 4. The van der Waals surface area contributed by atoms with Gasteiger partial charge in [-0.3, -0.25) is 9.59 Å². The van der Waals surface area contributed by atoms with E-state index in [1.54, 1.807) is 11.0 Å². The maximum atomic E-state index is 13.7. The number of hydrogen-bond donors (Lipinski definition) is 0. The van der Waals surface area contributed by atoms with Gasteiger partial charge in [0.1, 0.15) is 12.1 Å². The molecule has 4 rings (SSSR count). The summed E-state index contributed by atoms with van der Waals surface area (Å²) in [7, 11) is 0. The summed E-state index contributed by atoms with van der Waals surface area (Å²) in [5.41, 5.74) is -0.586. The van der Waals surface area contributed by atoms with Crippen molar-refractivity contribution in [1.82, 2.24) is 9.80 Å². The van der Waals surface area contributed by atoms with Crippen molar-refractivity contribution in [3.63, 3.8) is 0 Å². The Kier molecular flexibility index (Phi) is 7.30. The minimum Gasteiger partial charge on any atom is -0.472 e. The monoisotopic (exact) mass is 504 g/mol. The highest BCUT2D eigenvalue weighted by Crippen LogP contribution is 2.37. The minimum absolute atomic E-state index is 0.136. The van der Waals surface area contributed by atoms with E-state index in [1.165, 1.54) is 53.8 Å². The average molecular weight is 505 g/mol. The molecule has 10 heteroatoms. The van der Waals surface area contributed by atoms with E-state index in [0.717, 1.165) is 30.0 Å². The lowest BCUT2D eigenvalue weighted by atomic mass is 10.1. The van der Waals surface area contributed by atoms with Gasteiger partial charge in [-0.2, -0.15) is 13.2 Å². The van der Waals surface area contributed by atoms with Gasteiger partial charge in [0.25, 0.3) is 5.91 Å². The van der Waals surface area contributed by atoms with E-state index in [4.69, 9.17) is 4.42 Å². The molecule has 1 aliphatic heterocycles. The summed E-state index contributed by atoms with van der Waals surface area (Å²) in [5.74, 6) is -1.06. The number of piperazine rings is 1. The number of nitrogens with zero attached hydrogens (tertiary/aromatic N) is 2. The van der Waals surface area contributed by atoms with Crippen molar-refractivity contribution in [1.29, 1.82) is 0 Å². The lowest BCUT2D eigenvalue weighted by molar-refractivity contribution is -0.138. The van der Waals surface area contributed by atoms with Crippen LogP contribution in [-0.4, -0.2) is 47.8 Å². The van der Waals surface area contributed by atoms with Crippen molar-refractivity contribution in [3.8, 4) is 0 Å². The van der Waals surface area contributed by atoms with Crippen LogP contribution < -0.4 is 0 Å². The Morgan fingerprint density at radius 2 is 1.57 bits per heavy atom. The summed E-state index contributed by atoms with van der Waals surface area (Å²) < 4.78 is 59.1. The summed E-state index contributed by atoms with van der Waals surface area (Å²) in [6, 6.07) is 10.9. The van der Waals surface area contributed by atoms with Crippen molar-refractivity contribution >= 4 is 29.7 Å². The maximum Gasteiger partial charge on any atom is 0.417 e. The SMILES string of the molecule is O=C(C=Cc1ccc(Sc2ccc(F)cc2)cc1C(F)(F)F)N1CCN(C(=O)c2ccoc2)CC1. The Labute approximate surface area is 203 Å². The summed E-state index contributed by atoms with van der Waals surface area (Å²) in [4.78, 5) is 29.0. The molecule has 1 fully saturated rings. The van der Waals surface area contributed by atoms with Crippen LogP contribution in [0.15, 0.2) is 81.3 Å². The molecule has 0 aliphatic carbocycles. The second-order valence-electron chi connectivity index (χ2n) is 7.77. The molecule has 1 saturated heterocycles.